The van der Waals surface area contributed by atoms with E-state index in [1.807, 2.05) is 50.1 Å². The average molecular weight is 250 g/mol. The number of carbonyl (C=O) groups excluding carboxylic acids is 1. The van der Waals surface area contributed by atoms with Crippen LogP contribution in [0.1, 0.15) is 38.2 Å². The van der Waals surface area contributed by atoms with Crippen molar-refractivity contribution in [3.05, 3.63) is 23.2 Å². The lowest BCUT2D eigenvalue weighted by molar-refractivity contribution is 0.0638. The molecule has 0 fully saturated rings. The molecule has 3 nitrogen and oxygen atoms in total. The van der Waals surface area contributed by atoms with Crippen molar-refractivity contribution < 1.29 is 4.79 Å². The van der Waals surface area contributed by atoms with Gasteiger partial charge < -0.3 is 9.88 Å². The van der Waals surface area contributed by atoms with Gasteiger partial charge in [0.15, 0.2) is 0 Å². The lowest BCUT2D eigenvalue weighted by Crippen LogP contribution is -2.42. The SMILES string of the molecule is CC(C)N(C(=O)c1cc2sccc2[nH]1)C(C)C. The Balaban J connectivity index is 2.32. The first kappa shape index (κ1) is 12.2. The zero-order chi connectivity index (χ0) is 12.6. The van der Waals surface area contributed by atoms with Crippen molar-refractivity contribution in [1.29, 1.82) is 0 Å². The second-order valence-electron chi connectivity index (χ2n) is 4.78. The minimum absolute atomic E-state index is 0.0819. The summed E-state index contributed by atoms with van der Waals surface area (Å²) < 4.78 is 1.14. The van der Waals surface area contributed by atoms with Crippen LogP contribution in [0.3, 0.4) is 0 Å². The molecule has 0 atom stereocenters. The van der Waals surface area contributed by atoms with Crippen molar-refractivity contribution in [1.82, 2.24) is 9.88 Å². The highest BCUT2D eigenvalue weighted by atomic mass is 32.1. The molecule has 1 N–H and O–H groups in total. The van der Waals surface area contributed by atoms with E-state index < -0.39 is 0 Å². The molecule has 92 valence electrons. The van der Waals surface area contributed by atoms with Gasteiger partial charge in [-0.2, -0.15) is 0 Å². The third-order valence-electron chi connectivity index (χ3n) is 2.82. The van der Waals surface area contributed by atoms with Crippen molar-refractivity contribution in [2.24, 2.45) is 0 Å². The van der Waals surface area contributed by atoms with Crippen LogP contribution in [0.4, 0.5) is 0 Å². The summed E-state index contributed by atoms with van der Waals surface area (Å²) in [5.41, 5.74) is 1.74. The normalized spacial score (nSPS) is 11.6. The number of fused-ring (bicyclic) bond motifs is 1. The van der Waals surface area contributed by atoms with Crippen LogP contribution < -0.4 is 0 Å². The maximum absolute atomic E-state index is 12.4. The van der Waals surface area contributed by atoms with E-state index in [4.69, 9.17) is 0 Å². The Morgan fingerprint density at radius 3 is 2.47 bits per heavy atom. The number of hydrogen-bond acceptors (Lipinski definition) is 2. The van der Waals surface area contributed by atoms with Crippen molar-refractivity contribution in [3.8, 4) is 0 Å². The molecular weight excluding hydrogens is 232 g/mol. The molecule has 2 aromatic rings. The van der Waals surface area contributed by atoms with Gasteiger partial charge >= 0.3 is 0 Å². The standard InChI is InChI=1S/C13H18N2OS/c1-8(2)15(9(3)4)13(16)11-7-12-10(14-11)5-6-17-12/h5-9,14H,1-4H3. The highest BCUT2D eigenvalue weighted by molar-refractivity contribution is 7.17. The molecule has 2 aromatic heterocycles. The van der Waals surface area contributed by atoms with Crippen LogP contribution >= 0.6 is 11.3 Å². The molecule has 2 rings (SSSR count). The number of nitrogens with one attached hydrogen (secondary N) is 1. The molecule has 0 saturated heterocycles. The van der Waals surface area contributed by atoms with Gasteiger partial charge in [0.05, 0.1) is 10.2 Å². The second-order valence-corrected chi connectivity index (χ2v) is 5.73. The van der Waals surface area contributed by atoms with Gasteiger partial charge in [-0.25, -0.2) is 0 Å². The predicted octanol–water partition coefficient (Wildman–Crippen LogP) is 3.49. The average Bonchev–Trinajstić information content (AvgIpc) is 2.74. The molecule has 0 unspecified atom stereocenters. The number of amides is 1. The first-order valence-electron chi connectivity index (χ1n) is 5.89. The van der Waals surface area contributed by atoms with Crippen molar-refractivity contribution in [2.75, 3.05) is 0 Å². The second kappa shape index (κ2) is 4.53. The summed E-state index contributed by atoms with van der Waals surface area (Å²) in [5, 5.41) is 2.03. The smallest absolute Gasteiger partial charge is 0.270 e. The summed E-state index contributed by atoms with van der Waals surface area (Å²) in [4.78, 5) is 17.5. The van der Waals surface area contributed by atoms with Crippen LogP contribution in [-0.2, 0) is 0 Å². The van der Waals surface area contributed by atoms with Crippen molar-refractivity contribution >= 4 is 27.5 Å². The maximum Gasteiger partial charge on any atom is 0.270 e. The Morgan fingerprint density at radius 2 is 1.94 bits per heavy atom. The van der Waals surface area contributed by atoms with E-state index in [9.17, 15) is 4.79 Å². The van der Waals surface area contributed by atoms with Gasteiger partial charge in [0, 0.05) is 12.1 Å². The van der Waals surface area contributed by atoms with Crippen LogP contribution in [0, 0.1) is 0 Å². The molecule has 17 heavy (non-hydrogen) atoms. The van der Waals surface area contributed by atoms with Crippen molar-refractivity contribution in [3.63, 3.8) is 0 Å². The van der Waals surface area contributed by atoms with Gasteiger partial charge in [0.1, 0.15) is 5.69 Å². The monoisotopic (exact) mass is 250 g/mol. The molecule has 0 aliphatic heterocycles. The van der Waals surface area contributed by atoms with E-state index in [1.54, 1.807) is 11.3 Å². The number of rotatable bonds is 3. The van der Waals surface area contributed by atoms with Gasteiger partial charge in [-0.3, -0.25) is 4.79 Å². The molecule has 1 amide bonds. The number of aromatic nitrogens is 1. The van der Waals surface area contributed by atoms with E-state index in [-0.39, 0.29) is 18.0 Å². The van der Waals surface area contributed by atoms with Crippen LogP contribution in [0.15, 0.2) is 17.5 Å². The lowest BCUT2D eigenvalue weighted by atomic mass is 10.2. The predicted molar refractivity (Wildman–Crippen MR) is 72.6 cm³/mol. The number of H-pyrrole nitrogens is 1. The topological polar surface area (TPSA) is 36.1 Å². The Labute approximate surface area is 105 Å². The number of thiophene rings is 1. The van der Waals surface area contributed by atoms with E-state index >= 15 is 0 Å². The summed E-state index contributed by atoms with van der Waals surface area (Å²) in [6, 6.07) is 4.37. The van der Waals surface area contributed by atoms with E-state index in [0.29, 0.717) is 5.69 Å². The zero-order valence-electron chi connectivity index (χ0n) is 10.7. The van der Waals surface area contributed by atoms with Crippen LogP contribution in [0.25, 0.3) is 10.2 Å². The van der Waals surface area contributed by atoms with Crippen LogP contribution in [0.2, 0.25) is 0 Å². The molecule has 0 saturated carbocycles. The van der Waals surface area contributed by atoms with Gasteiger partial charge in [-0.15, -0.1) is 11.3 Å². The summed E-state index contributed by atoms with van der Waals surface area (Å²) in [6.07, 6.45) is 0. The third-order valence-corrected chi connectivity index (χ3v) is 3.68. The fourth-order valence-corrected chi connectivity index (χ4v) is 2.95. The number of aromatic amines is 1. The van der Waals surface area contributed by atoms with Crippen LogP contribution in [0.5, 0.6) is 0 Å². The van der Waals surface area contributed by atoms with E-state index in [2.05, 4.69) is 4.98 Å². The van der Waals surface area contributed by atoms with Crippen molar-refractivity contribution in [2.45, 2.75) is 39.8 Å². The molecule has 0 radical (unpaired) electrons. The van der Waals surface area contributed by atoms with Gasteiger partial charge in [0.2, 0.25) is 0 Å². The van der Waals surface area contributed by atoms with Gasteiger partial charge in [-0.1, -0.05) is 0 Å². The first-order valence-corrected chi connectivity index (χ1v) is 6.77. The Bertz CT molecular complexity index is 488. The number of hydrogen-bond donors (Lipinski definition) is 1. The Kier molecular flexibility index (Phi) is 3.24. The van der Waals surface area contributed by atoms with Crippen LogP contribution in [-0.4, -0.2) is 27.9 Å². The van der Waals surface area contributed by atoms with Gasteiger partial charge in [0.25, 0.3) is 5.91 Å². The number of nitrogens with zero attached hydrogens (tertiary/aromatic N) is 1. The quantitative estimate of drug-likeness (QED) is 0.889. The molecule has 4 heteroatoms. The number of carbonyl (C=O) groups is 1. The lowest BCUT2D eigenvalue weighted by Gasteiger charge is -2.30. The highest BCUT2D eigenvalue weighted by Crippen LogP contribution is 2.23. The summed E-state index contributed by atoms with van der Waals surface area (Å²) >= 11 is 1.65. The summed E-state index contributed by atoms with van der Waals surface area (Å²) in [6.45, 7) is 8.18. The maximum atomic E-state index is 12.4. The molecule has 0 bridgehead atoms. The summed E-state index contributed by atoms with van der Waals surface area (Å²) in [5.74, 6) is 0.0819. The summed E-state index contributed by atoms with van der Waals surface area (Å²) in [7, 11) is 0. The Morgan fingerprint density at radius 1 is 1.29 bits per heavy atom. The molecular formula is C13H18N2OS. The van der Waals surface area contributed by atoms with E-state index in [1.165, 1.54) is 0 Å². The fourth-order valence-electron chi connectivity index (χ4n) is 2.17. The van der Waals surface area contributed by atoms with E-state index in [0.717, 1.165) is 10.2 Å². The minimum atomic E-state index is 0.0819. The molecule has 0 aromatic carbocycles. The largest absolute Gasteiger partial charge is 0.350 e. The zero-order valence-corrected chi connectivity index (χ0v) is 11.5. The molecule has 0 spiro atoms. The third kappa shape index (κ3) is 2.22. The highest BCUT2D eigenvalue weighted by Gasteiger charge is 2.22. The molecule has 2 heterocycles. The van der Waals surface area contributed by atoms with Gasteiger partial charge in [-0.05, 0) is 45.2 Å². The Hall–Kier alpha value is -1.29. The fraction of sp³-hybridized carbons (Fsp3) is 0.462. The molecule has 0 aliphatic carbocycles. The first-order chi connectivity index (χ1) is 8.00. The minimum Gasteiger partial charge on any atom is -0.350 e. The molecule has 0 aliphatic rings.